The van der Waals surface area contributed by atoms with E-state index in [1.54, 1.807) is 6.20 Å². The highest BCUT2D eigenvalue weighted by Crippen LogP contribution is 2.35. The molecule has 0 aliphatic heterocycles. The van der Waals surface area contributed by atoms with E-state index in [-0.39, 0.29) is 11.4 Å². The number of pyridine rings is 1. The molecule has 1 aliphatic carbocycles. The van der Waals surface area contributed by atoms with Gasteiger partial charge in [0.1, 0.15) is 0 Å². The summed E-state index contributed by atoms with van der Waals surface area (Å²) in [6.07, 6.45) is 5.19. The van der Waals surface area contributed by atoms with Crippen LogP contribution in [0, 0.1) is 6.92 Å². The van der Waals surface area contributed by atoms with E-state index in [0.29, 0.717) is 12.1 Å². The average molecular weight is 290 g/mol. The normalized spacial score (nSPS) is 16.4. The van der Waals surface area contributed by atoms with Gasteiger partial charge in [0.15, 0.2) is 0 Å². The molecule has 1 aromatic rings. The molecule has 1 aliphatic rings. The van der Waals surface area contributed by atoms with Gasteiger partial charge < -0.3 is 15.5 Å². The molecule has 1 amide bonds. The highest BCUT2D eigenvalue weighted by atomic mass is 16.1. The van der Waals surface area contributed by atoms with E-state index >= 15 is 0 Å². The van der Waals surface area contributed by atoms with Crippen LogP contribution in [0.5, 0.6) is 0 Å². The van der Waals surface area contributed by atoms with Crippen molar-refractivity contribution in [2.45, 2.75) is 38.6 Å². The summed E-state index contributed by atoms with van der Waals surface area (Å²) in [5.41, 5.74) is 2.52. The van der Waals surface area contributed by atoms with Gasteiger partial charge in [-0.15, -0.1) is 0 Å². The zero-order valence-corrected chi connectivity index (χ0v) is 13.5. The molecule has 0 spiro atoms. The van der Waals surface area contributed by atoms with Gasteiger partial charge in [0.05, 0.1) is 11.3 Å². The molecule has 5 heteroatoms. The quantitative estimate of drug-likeness (QED) is 0.842. The first kappa shape index (κ1) is 15.8. The first-order valence-electron chi connectivity index (χ1n) is 7.64. The van der Waals surface area contributed by atoms with Crippen LogP contribution >= 0.6 is 0 Å². The fourth-order valence-corrected chi connectivity index (χ4v) is 2.78. The van der Waals surface area contributed by atoms with E-state index in [2.05, 4.69) is 34.6 Å². The number of hydrogen-bond acceptors (Lipinski definition) is 4. The number of aromatic nitrogens is 1. The van der Waals surface area contributed by atoms with Crippen molar-refractivity contribution in [2.75, 3.05) is 32.5 Å². The van der Waals surface area contributed by atoms with Gasteiger partial charge in [-0.3, -0.25) is 9.78 Å². The van der Waals surface area contributed by atoms with Gasteiger partial charge in [-0.05, 0) is 53.3 Å². The third-order valence-corrected chi connectivity index (χ3v) is 4.46. The Balaban J connectivity index is 2.06. The van der Waals surface area contributed by atoms with Gasteiger partial charge in [-0.1, -0.05) is 0 Å². The smallest absolute Gasteiger partial charge is 0.255 e. The maximum Gasteiger partial charge on any atom is 0.255 e. The zero-order chi connectivity index (χ0) is 15.5. The molecule has 0 radical (unpaired) electrons. The van der Waals surface area contributed by atoms with E-state index in [1.807, 2.05) is 19.9 Å². The molecule has 1 aromatic heterocycles. The summed E-state index contributed by atoms with van der Waals surface area (Å²) in [7, 11) is 4.17. The number of amides is 1. The van der Waals surface area contributed by atoms with Crippen LogP contribution in [0.3, 0.4) is 0 Å². The largest absolute Gasteiger partial charge is 0.385 e. The summed E-state index contributed by atoms with van der Waals surface area (Å²) in [6, 6.07) is 1.92. The van der Waals surface area contributed by atoms with Crippen molar-refractivity contribution in [3.05, 3.63) is 23.5 Å². The Morgan fingerprint density at radius 2 is 2.14 bits per heavy atom. The number of anilines is 1. The number of likely N-dealkylation sites (N-methyl/N-ethyl adjacent to an activating group) is 1. The van der Waals surface area contributed by atoms with Crippen molar-refractivity contribution in [2.24, 2.45) is 0 Å². The number of carbonyl (C=O) groups is 1. The van der Waals surface area contributed by atoms with Gasteiger partial charge in [0.2, 0.25) is 0 Å². The predicted octanol–water partition coefficient (Wildman–Crippen LogP) is 2.04. The Morgan fingerprint density at radius 3 is 2.67 bits per heavy atom. The third kappa shape index (κ3) is 3.35. The van der Waals surface area contributed by atoms with E-state index < -0.39 is 0 Å². The fourth-order valence-electron chi connectivity index (χ4n) is 2.78. The Bertz CT molecular complexity index is 509. The topological polar surface area (TPSA) is 57.3 Å². The summed E-state index contributed by atoms with van der Waals surface area (Å²) in [6.45, 7) is 5.43. The van der Waals surface area contributed by atoms with Crippen molar-refractivity contribution < 1.29 is 4.79 Å². The molecule has 1 saturated carbocycles. The van der Waals surface area contributed by atoms with Crippen molar-refractivity contribution in [3.63, 3.8) is 0 Å². The van der Waals surface area contributed by atoms with Crippen molar-refractivity contribution in [3.8, 4) is 0 Å². The van der Waals surface area contributed by atoms with Crippen molar-refractivity contribution in [1.29, 1.82) is 0 Å². The lowest BCUT2D eigenvalue weighted by atomic mass is 9.75. The highest BCUT2D eigenvalue weighted by Gasteiger charge is 2.39. The standard InChI is InChI=1S/C16H26N4O/c1-5-17-14-9-12(2)18-10-13(14)15(21)19-11-16(20(3)4)7-6-8-16/h9-10H,5-8,11H2,1-4H3,(H,17,18)(H,19,21). The summed E-state index contributed by atoms with van der Waals surface area (Å²) >= 11 is 0. The molecule has 1 fully saturated rings. The summed E-state index contributed by atoms with van der Waals surface area (Å²) < 4.78 is 0. The lowest BCUT2D eigenvalue weighted by Crippen LogP contribution is -2.57. The minimum atomic E-state index is -0.0495. The molecule has 0 unspecified atom stereocenters. The first-order valence-corrected chi connectivity index (χ1v) is 7.64. The number of carbonyl (C=O) groups excluding carboxylic acids is 1. The molecule has 2 rings (SSSR count). The molecule has 0 aromatic carbocycles. The number of hydrogen-bond donors (Lipinski definition) is 2. The Morgan fingerprint density at radius 1 is 1.43 bits per heavy atom. The number of nitrogens with one attached hydrogen (secondary N) is 2. The van der Waals surface area contributed by atoms with Crippen LogP contribution in [0.15, 0.2) is 12.3 Å². The first-order chi connectivity index (χ1) is 9.98. The van der Waals surface area contributed by atoms with Crippen molar-refractivity contribution >= 4 is 11.6 Å². The maximum atomic E-state index is 12.5. The van der Waals surface area contributed by atoms with E-state index in [9.17, 15) is 4.79 Å². The van der Waals surface area contributed by atoms with Crippen LogP contribution in [-0.4, -0.2) is 48.5 Å². The molecule has 21 heavy (non-hydrogen) atoms. The van der Waals surface area contributed by atoms with Crippen LogP contribution in [0.1, 0.15) is 42.2 Å². The van der Waals surface area contributed by atoms with Gasteiger partial charge >= 0.3 is 0 Å². The Kier molecular flexibility index (Phi) is 4.83. The Labute approximate surface area is 127 Å². The zero-order valence-electron chi connectivity index (χ0n) is 13.5. The minimum absolute atomic E-state index is 0.0495. The number of rotatable bonds is 6. The average Bonchev–Trinajstić information content (AvgIpc) is 2.37. The summed E-state index contributed by atoms with van der Waals surface area (Å²) in [4.78, 5) is 18.9. The highest BCUT2D eigenvalue weighted by molar-refractivity contribution is 5.99. The second kappa shape index (κ2) is 6.43. The van der Waals surface area contributed by atoms with Crippen LogP contribution in [0.25, 0.3) is 0 Å². The van der Waals surface area contributed by atoms with Gasteiger partial charge in [-0.25, -0.2) is 0 Å². The Hall–Kier alpha value is -1.62. The SMILES string of the molecule is CCNc1cc(C)ncc1C(=O)NCC1(N(C)C)CCC1. The molecular formula is C16H26N4O. The fraction of sp³-hybridized carbons (Fsp3) is 0.625. The number of aryl methyl sites for hydroxylation is 1. The van der Waals surface area contributed by atoms with Gasteiger partial charge in [0, 0.05) is 30.5 Å². The van der Waals surface area contributed by atoms with E-state index in [1.165, 1.54) is 6.42 Å². The maximum absolute atomic E-state index is 12.5. The number of nitrogens with zero attached hydrogens (tertiary/aromatic N) is 2. The van der Waals surface area contributed by atoms with Crippen molar-refractivity contribution in [1.82, 2.24) is 15.2 Å². The van der Waals surface area contributed by atoms with E-state index in [4.69, 9.17) is 0 Å². The lowest BCUT2D eigenvalue weighted by Gasteiger charge is -2.47. The van der Waals surface area contributed by atoms with E-state index in [0.717, 1.165) is 30.8 Å². The van der Waals surface area contributed by atoms with Crippen LogP contribution < -0.4 is 10.6 Å². The molecular weight excluding hydrogens is 264 g/mol. The summed E-state index contributed by atoms with van der Waals surface area (Å²) in [5.74, 6) is -0.0495. The molecule has 5 nitrogen and oxygen atoms in total. The van der Waals surface area contributed by atoms with Crippen LogP contribution in [0.4, 0.5) is 5.69 Å². The molecule has 1 heterocycles. The molecule has 0 saturated heterocycles. The lowest BCUT2D eigenvalue weighted by molar-refractivity contribution is 0.0558. The monoisotopic (exact) mass is 290 g/mol. The second-order valence-electron chi connectivity index (χ2n) is 6.06. The van der Waals surface area contributed by atoms with Crippen LogP contribution in [0.2, 0.25) is 0 Å². The third-order valence-electron chi connectivity index (χ3n) is 4.46. The molecule has 0 atom stereocenters. The summed E-state index contributed by atoms with van der Waals surface area (Å²) in [5, 5.41) is 6.32. The molecule has 2 N–H and O–H groups in total. The van der Waals surface area contributed by atoms with Crippen LogP contribution in [-0.2, 0) is 0 Å². The predicted molar refractivity (Wildman–Crippen MR) is 85.7 cm³/mol. The van der Waals surface area contributed by atoms with Gasteiger partial charge in [0.25, 0.3) is 5.91 Å². The molecule has 0 bridgehead atoms. The van der Waals surface area contributed by atoms with Gasteiger partial charge in [-0.2, -0.15) is 0 Å². The second-order valence-corrected chi connectivity index (χ2v) is 6.06. The molecule has 116 valence electrons. The minimum Gasteiger partial charge on any atom is -0.385 e.